The minimum absolute atomic E-state index is 0.423. The van der Waals surface area contributed by atoms with Crippen LogP contribution in [0.4, 0.5) is 0 Å². The Morgan fingerprint density at radius 1 is 0.889 bits per heavy atom. The zero-order valence-electron chi connectivity index (χ0n) is 9.62. The summed E-state index contributed by atoms with van der Waals surface area (Å²) in [6.45, 7) is 1.94. The summed E-state index contributed by atoms with van der Waals surface area (Å²) in [5, 5.41) is 11.8. The molecule has 0 aromatic heterocycles. The average molecular weight is 302 g/mol. The summed E-state index contributed by atoms with van der Waals surface area (Å²) in [7, 11) is 0. The van der Waals surface area contributed by atoms with E-state index in [0.29, 0.717) is 26.2 Å². The van der Waals surface area contributed by atoms with Crippen LogP contribution >= 0.6 is 34.8 Å². The van der Waals surface area contributed by atoms with Crippen molar-refractivity contribution in [2.75, 3.05) is 0 Å². The van der Waals surface area contributed by atoms with Crippen LogP contribution in [0.15, 0.2) is 36.4 Å². The second kappa shape index (κ2) is 5.50. The first-order valence-electron chi connectivity index (χ1n) is 5.38. The Balaban J connectivity index is 2.44. The van der Waals surface area contributed by atoms with Gasteiger partial charge in [-0.05, 0) is 30.7 Å². The molecular weight excluding hydrogens is 291 g/mol. The number of hydrogen-bond donors (Lipinski definition) is 1. The van der Waals surface area contributed by atoms with E-state index in [4.69, 9.17) is 34.8 Å². The maximum absolute atomic E-state index is 10.3. The molecule has 0 saturated heterocycles. The van der Waals surface area contributed by atoms with E-state index in [0.717, 1.165) is 5.56 Å². The molecule has 2 aromatic rings. The summed E-state index contributed by atoms with van der Waals surface area (Å²) in [5.74, 6) is 0. The topological polar surface area (TPSA) is 20.2 Å². The van der Waals surface area contributed by atoms with Crippen molar-refractivity contribution >= 4 is 34.8 Å². The zero-order valence-corrected chi connectivity index (χ0v) is 11.9. The summed E-state index contributed by atoms with van der Waals surface area (Å²) in [5.41, 5.74) is 2.26. The van der Waals surface area contributed by atoms with Gasteiger partial charge in [-0.3, -0.25) is 0 Å². The fourth-order valence-electron chi connectivity index (χ4n) is 1.74. The Morgan fingerprint density at radius 3 is 2.00 bits per heavy atom. The minimum atomic E-state index is -0.858. The van der Waals surface area contributed by atoms with Crippen LogP contribution in [0.2, 0.25) is 15.1 Å². The Bertz CT molecular complexity index is 530. The van der Waals surface area contributed by atoms with Crippen LogP contribution in [0, 0.1) is 6.92 Å². The normalized spacial score (nSPS) is 12.5. The van der Waals surface area contributed by atoms with Crippen LogP contribution in [-0.4, -0.2) is 5.11 Å². The lowest BCUT2D eigenvalue weighted by Crippen LogP contribution is -2.01. The van der Waals surface area contributed by atoms with Crippen LogP contribution in [-0.2, 0) is 0 Å². The Morgan fingerprint density at radius 2 is 1.44 bits per heavy atom. The number of halogens is 3. The number of aliphatic hydroxyl groups excluding tert-OH is 1. The molecule has 4 heteroatoms. The highest BCUT2D eigenvalue weighted by Crippen LogP contribution is 2.33. The highest BCUT2D eigenvalue weighted by atomic mass is 35.5. The molecule has 1 N–H and O–H groups in total. The van der Waals surface area contributed by atoms with Crippen molar-refractivity contribution < 1.29 is 5.11 Å². The molecule has 0 saturated carbocycles. The van der Waals surface area contributed by atoms with Gasteiger partial charge in [0.1, 0.15) is 6.10 Å². The molecule has 0 fully saturated rings. The third-order valence-corrected chi connectivity index (χ3v) is 3.60. The second-order valence-electron chi connectivity index (χ2n) is 4.09. The first kappa shape index (κ1) is 13.7. The van der Waals surface area contributed by atoms with Gasteiger partial charge in [0.2, 0.25) is 0 Å². The zero-order chi connectivity index (χ0) is 13.3. The molecule has 0 amide bonds. The maximum atomic E-state index is 10.3. The number of aryl methyl sites for hydroxylation is 1. The molecule has 2 aromatic carbocycles. The molecule has 0 aliphatic heterocycles. The lowest BCUT2D eigenvalue weighted by molar-refractivity contribution is 0.220. The largest absolute Gasteiger partial charge is 0.384 e. The smallest absolute Gasteiger partial charge is 0.107 e. The highest BCUT2D eigenvalue weighted by molar-refractivity contribution is 6.35. The van der Waals surface area contributed by atoms with E-state index in [9.17, 15) is 5.11 Å². The quantitative estimate of drug-likeness (QED) is 0.824. The van der Waals surface area contributed by atoms with Crippen LogP contribution in [0.5, 0.6) is 0 Å². The van der Waals surface area contributed by atoms with Gasteiger partial charge >= 0.3 is 0 Å². The summed E-state index contributed by atoms with van der Waals surface area (Å²) in [6.07, 6.45) is -0.858. The minimum Gasteiger partial charge on any atom is -0.384 e. The van der Waals surface area contributed by atoms with Crippen LogP contribution in [0.25, 0.3) is 0 Å². The van der Waals surface area contributed by atoms with Gasteiger partial charge in [-0.25, -0.2) is 0 Å². The Hall–Kier alpha value is -0.730. The highest BCUT2D eigenvalue weighted by Gasteiger charge is 2.16. The van der Waals surface area contributed by atoms with Crippen LogP contribution in [0.1, 0.15) is 22.8 Å². The van der Waals surface area contributed by atoms with E-state index in [1.54, 1.807) is 24.3 Å². The average Bonchev–Trinajstić information content (AvgIpc) is 2.28. The molecule has 0 aliphatic carbocycles. The number of rotatable bonds is 2. The summed E-state index contributed by atoms with van der Waals surface area (Å²) >= 11 is 18.0. The summed E-state index contributed by atoms with van der Waals surface area (Å²) in [4.78, 5) is 0. The molecule has 0 bridgehead atoms. The van der Waals surface area contributed by atoms with Crippen molar-refractivity contribution in [2.45, 2.75) is 13.0 Å². The number of aliphatic hydroxyl groups is 1. The third-order valence-electron chi connectivity index (χ3n) is 2.71. The fourth-order valence-corrected chi connectivity index (χ4v) is 2.60. The van der Waals surface area contributed by atoms with Crippen LogP contribution < -0.4 is 0 Å². The van der Waals surface area contributed by atoms with Gasteiger partial charge in [-0.15, -0.1) is 0 Å². The van der Waals surface area contributed by atoms with Crippen molar-refractivity contribution in [1.82, 2.24) is 0 Å². The van der Waals surface area contributed by atoms with Crippen molar-refractivity contribution in [3.05, 3.63) is 68.2 Å². The van der Waals surface area contributed by atoms with Gasteiger partial charge in [0, 0.05) is 26.2 Å². The molecule has 0 heterocycles. The van der Waals surface area contributed by atoms with Gasteiger partial charge in [-0.1, -0.05) is 53.0 Å². The van der Waals surface area contributed by atoms with E-state index in [1.807, 2.05) is 19.1 Å². The molecule has 0 spiro atoms. The molecule has 1 nitrogen and oxygen atoms in total. The standard InChI is InChI=1S/C14H11Cl3O/c1-8-2-4-10(12(16)6-8)14(18)11-5-3-9(15)7-13(11)17/h2-7,14,18H,1H3. The van der Waals surface area contributed by atoms with E-state index in [2.05, 4.69) is 0 Å². The molecule has 94 valence electrons. The summed E-state index contributed by atoms with van der Waals surface area (Å²) < 4.78 is 0. The number of hydrogen-bond acceptors (Lipinski definition) is 1. The Kier molecular flexibility index (Phi) is 4.18. The molecular formula is C14H11Cl3O. The number of benzene rings is 2. The van der Waals surface area contributed by atoms with Gasteiger partial charge in [-0.2, -0.15) is 0 Å². The molecule has 18 heavy (non-hydrogen) atoms. The predicted octanol–water partition coefficient (Wildman–Crippen LogP) is 5.04. The van der Waals surface area contributed by atoms with Gasteiger partial charge in [0.25, 0.3) is 0 Å². The first-order chi connectivity index (χ1) is 8.49. The first-order valence-corrected chi connectivity index (χ1v) is 6.51. The third kappa shape index (κ3) is 2.81. The van der Waals surface area contributed by atoms with Crippen molar-refractivity contribution in [3.63, 3.8) is 0 Å². The van der Waals surface area contributed by atoms with E-state index < -0.39 is 6.10 Å². The molecule has 1 unspecified atom stereocenters. The summed E-state index contributed by atoms with van der Waals surface area (Å²) in [6, 6.07) is 10.5. The van der Waals surface area contributed by atoms with E-state index in [1.165, 1.54) is 0 Å². The fraction of sp³-hybridized carbons (Fsp3) is 0.143. The molecule has 0 radical (unpaired) electrons. The van der Waals surface area contributed by atoms with Gasteiger partial charge in [0.15, 0.2) is 0 Å². The Labute approximate surface area is 121 Å². The maximum Gasteiger partial charge on any atom is 0.107 e. The lowest BCUT2D eigenvalue weighted by atomic mass is 10.0. The SMILES string of the molecule is Cc1ccc(C(O)c2ccc(Cl)cc2Cl)c(Cl)c1. The van der Waals surface area contributed by atoms with Crippen molar-refractivity contribution in [2.24, 2.45) is 0 Å². The van der Waals surface area contributed by atoms with Gasteiger partial charge < -0.3 is 5.11 Å². The predicted molar refractivity (Wildman–Crippen MR) is 76.7 cm³/mol. The molecule has 1 atom stereocenters. The van der Waals surface area contributed by atoms with Crippen molar-refractivity contribution in [3.8, 4) is 0 Å². The van der Waals surface area contributed by atoms with E-state index in [-0.39, 0.29) is 0 Å². The lowest BCUT2D eigenvalue weighted by Gasteiger charge is -2.15. The second-order valence-corrected chi connectivity index (χ2v) is 5.34. The molecule has 0 aliphatic rings. The van der Waals surface area contributed by atoms with E-state index >= 15 is 0 Å². The van der Waals surface area contributed by atoms with Crippen LogP contribution in [0.3, 0.4) is 0 Å². The molecule has 2 rings (SSSR count). The van der Waals surface area contributed by atoms with Crippen molar-refractivity contribution in [1.29, 1.82) is 0 Å². The van der Waals surface area contributed by atoms with Gasteiger partial charge in [0.05, 0.1) is 0 Å². The monoisotopic (exact) mass is 300 g/mol.